The summed E-state index contributed by atoms with van der Waals surface area (Å²) in [5.74, 6) is -0.0846. The lowest BCUT2D eigenvalue weighted by Gasteiger charge is -2.32. The SMILES string of the molecule is CC1=C(O)C(=O)C(C(C)(C)C)CC1. The number of hydrogen-bond acceptors (Lipinski definition) is 2. The van der Waals surface area contributed by atoms with Crippen LogP contribution in [-0.4, -0.2) is 10.9 Å². The molecule has 0 amide bonds. The molecule has 0 aliphatic heterocycles. The van der Waals surface area contributed by atoms with Crippen molar-refractivity contribution < 1.29 is 9.90 Å². The number of ketones is 1. The third-order valence-corrected chi connectivity index (χ3v) is 2.81. The Morgan fingerprint density at radius 3 is 2.38 bits per heavy atom. The van der Waals surface area contributed by atoms with Crippen molar-refractivity contribution in [3.05, 3.63) is 11.3 Å². The van der Waals surface area contributed by atoms with Gasteiger partial charge in [-0.15, -0.1) is 0 Å². The second-order valence-electron chi connectivity index (χ2n) is 4.95. The summed E-state index contributed by atoms with van der Waals surface area (Å²) in [6.07, 6.45) is 1.72. The van der Waals surface area contributed by atoms with Gasteiger partial charge in [0.25, 0.3) is 0 Å². The summed E-state index contributed by atoms with van der Waals surface area (Å²) in [4.78, 5) is 11.7. The molecule has 0 spiro atoms. The highest BCUT2D eigenvalue weighted by Gasteiger charge is 2.36. The Kier molecular flexibility index (Phi) is 2.51. The average molecular weight is 182 g/mol. The molecule has 1 aliphatic carbocycles. The first-order chi connectivity index (χ1) is 5.84. The van der Waals surface area contributed by atoms with Crippen molar-refractivity contribution in [2.75, 3.05) is 0 Å². The maximum Gasteiger partial charge on any atom is 0.200 e. The van der Waals surface area contributed by atoms with Crippen LogP contribution in [0.3, 0.4) is 0 Å². The quantitative estimate of drug-likeness (QED) is 0.625. The molecule has 13 heavy (non-hydrogen) atoms. The van der Waals surface area contributed by atoms with Crippen molar-refractivity contribution in [2.24, 2.45) is 11.3 Å². The maximum absolute atomic E-state index is 11.7. The minimum atomic E-state index is -0.0729. The molecule has 0 heterocycles. The summed E-state index contributed by atoms with van der Waals surface area (Å²) < 4.78 is 0. The van der Waals surface area contributed by atoms with Gasteiger partial charge in [-0.05, 0) is 30.8 Å². The van der Waals surface area contributed by atoms with E-state index in [1.807, 2.05) is 27.7 Å². The second-order valence-corrected chi connectivity index (χ2v) is 4.95. The van der Waals surface area contributed by atoms with E-state index < -0.39 is 0 Å². The molecule has 74 valence electrons. The van der Waals surface area contributed by atoms with Crippen LogP contribution >= 0.6 is 0 Å². The first-order valence-electron chi connectivity index (χ1n) is 4.77. The number of aliphatic hydroxyl groups is 1. The predicted molar refractivity (Wildman–Crippen MR) is 52.5 cm³/mol. The number of allylic oxidation sites excluding steroid dienone is 2. The van der Waals surface area contributed by atoms with Gasteiger partial charge < -0.3 is 5.11 Å². The molecule has 1 aliphatic rings. The Morgan fingerprint density at radius 2 is 1.92 bits per heavy atom. The molecule has 0 saturated heterocycles. The van der Waals surface area contributed by atoms with Gasteiger partial charge in [0.05, 0.1) is 0 Å². The van der Waals surface area contributed by atoms with Gasteiger partial charge >= 0.3 is 0 Å². The van der Waals surface area contributed by atoms with Crippen LogP contribution in [-0.2, 0) is 4.79 Å². The van der Waals surface area contributed by atoms with Gasteiger partial charge in [-0.25, -0.2) is 0 Å². The molecule has 0 aromatic rings. The van der Waals surface area contributed by atoms with Crippen LogP contribution < -0.4 is 0 Å². The molecule has 1 N–H and O–H groups in total. The molecule has 0 saturated carbocycles. The molecule has 1 rings (SSSR count). The van der Waals surface area contributed by atoms with Gasteiger partial charge in [0.1, 0.15) is 0 Å². The lowest BCUT2D eigenvalue weighted by atomic mass is 9.72. The summed E-state index contributed by atoms with van der Waals surface area (Å²) >= 11 is 0. The van der Waals surface area contributed by atoms with Crippen molar-refractivity contribution in [1.29, 1.82) is 0 Å². The molecule has 1 unspecified atom stereocenters. The summed E-state index contributed by atoms with van der Waals surface area (Å²) in [5.41, 5.74) is 0.802. The maximum atomic E-state index is 11.7. The van der Waals surface area contributed by atoms with E-state index in [2.05, 4.69) is 0 Å². The van der Waals surface area contributed by atoms with Crippen LogP contribution in [0.1, 0.15) is 40.5 Å². The number of hydrogen-bond donors (Lipinski definition) is 1. The fraction of sp³-hybridized carbons (Fsp3) is 0.727. The van der Waals surface area contributed by atoms with Crippen molar-refractivity contribution in [3.8, 4) is 0 Å². The van der Waals surface area contributed by atoms with Crippen molar-refractivity contribution in [2.45, 2.75) is 40.5 Å². The van der Waals surface area contributed by atoms with E-state index in [1.54, 1.807) is 0 Å². The number of rotatable bonds is 0. The average Bonchev–Trinajstić information content (AvgIpc) is 1.98. The van der Waals surface area contributed by atoms with E-state index in [4.69, 9.17) is 0 Å². The first kappa shape index (κ1) is 10.3. The fourth-order valence-corrected chi connectivity index (χ4v) is 1.81. The van der Waals surface area contributed by atoms with Gasteiger partial charge in [-0.1, -0.05) is 20.8 Å². The molecule has 2 heteroatoms. The lowest BCUT2D eigenvalue weighted by Crippen LogP contribution is -2.32. The van der Waals surface area contributed by atoms with E-state index >= 15 is 0 Å². The van der Waals surface area contributed by atoms with Crippen molar-refractivity contribution in [1.82, 2.24) is 0 Å². The number of aliphatic hydroxyl groups excluding tert-OH is 1. The van der Waals surface area contributed by atoms with Crippen LogP contribution in [0.5, 0.6) is 0 Å². The summed E-state index contributed by atoms with van der Waals surface area (Å²) in [7, 11) is 0. The molecule has 0 bridgehead atoms. The summed E-state index contributed by atoms with van der Waals surface area (Å²) in [6.45, 7) is 7.96. The minimum absolute atomic E-state index is 0.00572. The fourth-order valence-electron chi connectivity index (χ4n) is 1.81. The highest BCUT2D eigenvalue weighted by molar-refractivity contribution is 5.96. The van der Waals surface area contributed by atoms with Crippen LogP contribution in [0.2, 0.25) is 0 Å². The van der Waals surface area contributed by atoms with Crippen molar-refractivity contribution in [3.63, 3.8) is 0 Å². The Hall–Kier alpha value is -0.790. The van der Waals surface area contributed by atoms with Gasteiger partial charge in [-0.2, -0.15) is 0 Å². The van der Waals surface area contributed by atoms with Gasteiger partial charge in [0.2, 0.25) is 5.78 Å². The van der Waals surface area contributed by atoms with Crippen LogP contribution in [0.15, 0.2) is 11.3 Å². The molecular formula is C11H18O2. The second kappa shape index (κ2) is 3.17. The van der Waals surface area contributed by atoms with Gasteiger partial charge in [0, 0.05) is 5.92 Å². The van der Waals surface area contributed by atoms with E-state index in [9.17, 15) is 9.90 Å². The smallest absolute Gasteiger partial charge is 0.200 e. The Labute approximate surface area is 79.6 Å². The van der Waals surface area contributed by atoms with Gasteiger partial charge in [0.15, 0.2) is 5.76 Å². The number of carbonyl (C=O) groups is 1. The standard InChI is InChI=1S/C11H18O2/c1-7-5-6-8(11(2,3)4)10(13)9(7)12/h8,12H,5-6H2,1-4H3. The van der Waals surface area contributed by atoms with Crippen LogP contribution in [0, 0.1) is 11.3 Å². The normalized spacial score (nSPS) is 25.2. The first-order valence-corrected chi connectivity index (χ1v) is 4.77. The van der Waals surface area contributed by atoms with Crippen LogP contribution in [0.25, 0.3) is 0 Å². The largest absolute Gasteiger partial charge is 0.504 e. The topological polar surface area (TPSA) is 37.3 Å². The van der Waals surface area contributed by atoms with E-state index in [1.165, 1.54) is 0 Å². The Balaban J connectivity index is 2.93. The third kappa shape index (κ3) is 1.93. The molecule has 0 radical (unpaired) electrons. The van der Waals surface area contributed by atoms with E-state index in [0.717, 1.165) is 18.4 Å². The Morgan fingerprint density at radius 1 is 1.38 bits per heavy atom. The minimum Gasteiger partial charge on any atom is -0.504 e. The molecule has 2 nitrogen and oxygen atoms in total. The highest BCUT2D eigenvalue weighted by atomic mass is 16.3. The molecule has 0 aromatic heterocycles. The summed E-state index contributed by atoms with van der Waals surface area (Å²) in [6, 6.07) is 0. The van der Waals surface area contributed by atoms with Crippen molar-refractivity contribution >= 4 is 5.78 Å². The Bertz CT molecular complexity index is 256. The number of Topliss-reactive ketones (excluding diaryl/α,β-unsaturated/α-hetero) is 1. The third-order valence-electron chi connectivity index (χ3n) is 2.81. The zero-order valence-electron chi connectivity index (χ0n) is 8.85. The van der Waals surface area contributed by atoms with E-state index in [0.29, 0.717) is 0 Å². The predicted octanol–water partition coefficient (Wildman–Crippen LogP) is 2.84. The lowest BCUT2D eigenvalue weighted by molar-refractivity contribution is -0.125. The highest BCUT2D eigenvalue weighted by Crippen LogP contribution is 2.36. The zero-order chi connectivity index (χ0) is 10.2. The monoisotopic (exact) mass is 182 g/mol. The summed E-state index contributed by atoms with van der Waals surface area (Å²) in [5, 5.41) is 9.51. The van der Waals surface area contributed by atoms with Crippen LogP contribution in [0.4, 0.5) is 0 Å². The number of carbonyl (C=O) groups excluding carboxylic acids is 1. The molecule has 0 aromatic carbocycles. The molecular weight excluding hydrogens is 164 g/mol. The molecule has 1 atom stereocenters. The zero-order valence-corrected chi connectivity index (χ0v) is 8.85. The van der Waals surface area contributed by atoms with Gasteiger partial charge in [-0.3, -0.25) is 4.79 Å². The molecule has 0 fully saturated rings. The van der Waals surface area contributed by atoms with E-state index in [-0.39, 0.29) is 22.9 Å².